The molecule has 0 aliphatic carbocycles. The predicted octanol–water partition coefficient (Wildman–Crippen LogP) is 3.61. The van der Waals surface area contributed by atoms with Gasteiger partial charge in [0.15, 0.2) is 0 Å². The van der Waals surface area contributed by atoms with Crippen molar-refractivity contribution in [1.82, 2.24) is 10.2 Å². The minimum Gasteiger partial charge on any atom is -0.316 e. The van der Waals surface area contributed by atoms with Crippen molar-refractivity contribution < 1.29 is 0 Å². The number of nitrogens with one attached hydrogen (secondary N) is 1. The highest BCUT2D eigenvalue weighted by atomic mass is 35.5. The van der Waals surface area contributed by atoms with E-state index in [2.05, 4.69) is 30.3 Å². The van der Waals surface area contributed by atoms with E-state index in [1.165, 1.54) is 43.8 Å². The van der Waals surface area contributed by atoms with Crippen molar-refractivity contribution in [3.63, 3.8) is 0 Å². The fourth-order valence-electron chi connectivity index (χ4n) is 2.91. The Morgan fingerprint density at radius 1 is 1.50 bits per heavy atom. The van der Waals surface area contributed by atoms with Gasteiger partial charge in [-0.15, -0.1) is 11.3 Å². The van der Waals surface area contributed by atoms with Crippen molar-refractivity contribution >= 4 is 22.9 Å². The zero-order valence-electron chi connectivity index (χ0n) is 11.3. The van der Waals surface area contributed by atoms with E-state index in [9.17, 15) is 0 Å². The topological polar surface area (TPSA) is 15.3 Å². The molecule has 1 N–H and O–H groups in total. The van der Waals surface area contributed by atoms with Crippen LogP contribution in [0.25, 0.3) is 0 Å². The minimum atomic E-state index is 0.466. The van der Waals surface area contributed by atoms with Crippen LogP contribution in [0.5, 0.6) is 0 Å². The van der Waals surface area contributed by atoms with E-state index in [1.807, 2.05) is 6.07 Å². The average molecular weight is 287 g/mol. The van der Waals surface area contributed by atoms with E-state index in [0.29, 0.717) is 5.41 Å². The van der Waals surface area contributed by atoms with Gasteiger partial charge in [-0.1, -0.05) is 18.5 Å². The third-order valence-electron chi connectivity index (χ3n) is 3.97. The van der Waals surface area contributed by atoms with Crippen molar-refractivity contribution in [2.75, 3.05) is 26.7 Å². The molecular weight excluding hydrogens is 264 g/mol. The molecule has 2 heterocycles. The second kappa shape index (κ2) is 6.38. The summed E-state index contributed by atoms with van der Waals surface area (Å²) in [5.41, 5.74) is 0.466. The monoisotopic (exact) mass is 286 g/mol. The van der Waals surface area contributed by atoms with E-state index < -0.39 is 0 Å². The van der Waals surface area contributed by atoms with Gasteiger partial charge in [0.1, 0.15) is 0 Å². The van der Waals surface area contributed by atoms with Gasteiger partial charge in [0.25, 0.3) is 0 Å². The van der Waals surface area contributed by atoms with Crippen LogP contribution in [0.2, 0.25) is 4.34 Å². The Hall–Kier alpha value is -0.0900. The molecule has 1 saturated heterocycles. The average Bonchev–Trinajstić information content (AvgIpc) is 2.75. The van der Waals surface area contributed by atoms with Gasteiger partial charge in [-0.2, -0.15) is 0 Å². The van der Waals surface area contributed by atoms with Gasteiger partial charge >= 0.3 is 0 Å². The maximum atomic E-state index is 5.98. The van der Waals surface area contributed by atoms with Gasteiger partial charge in [-0.25, -0.2) is 0 Å². The molecule has 4 heteroatoms. The molecule has 1 aromatic rings. The Kier molecular flexibility index (Phi) is 5.07. The molecular formula is C14H23ClN2S. The molecule has 0 bridgehead atoms. The molecule has 0 amide bonds. The highest BCUT2D eigenvalue weighted by molar-refractivity contribution is 7.16. The first-order chi connectivity index (χ1) is 8.63. The van der Waals surface area contributed by atoms with Gasteiger partial charge in [-0.3, -0.25) is 0 Å². The zero-order valence-corrected chi connectivity index (χ0v) is 12.9. The van der Waals surface area contributed by atoms with E-state index in [0.717, 1.165) is 10.9 Å². The first kappa shape index (κ1) is 14.3. The zero-order chi connectivity index (χ0) is 13.0. The molecule has 102 valence electrons. The summed E-state index contributed by atoms with van der Waals surface area (Å²) in [6.07, 6.45) is 3.92. The lowest BCUT2D eigenvalue weighted by molar-refractivity contribution is 0.125. The largest absolute Gasteiger partial charge is 0.316 e. The number of nitrogens with zero attached hydrogens (tertiary/aromatic N) is 1. The summed E-state index contributed by atoms with van der Waals surface area (Å²) in [5, 5.41) is 3.55. The molecule has 2 nitrogen and oxygen atoms in total. The van der Waals surface area contributed by atoms with Crippen LogP contribution < -0.4 is 5.32 Å². The van der Waals surface area contributed by atoms with Crippen LogP contribution in [0.1, 0.15) is 31.1 Å². The number of piperidine rings is 1. The Balaban J connectivity index is 1.90. The van der Waals surface area contributed by atoms with Crippen LogP contribution in [0.3, 0.4) is 0 Å². The van der Waals surface area contributed by atoms with Crippen molar-refractivity contribution in [2.45, 2.75) is 32.7 Å². The summed E-state index contributed by atoms with van der Waals surface area (Å²) in [6, 6.07) is 4.13. The van der Waals surface area contributed by atoms with Crippen LogP contribution in [-0.4, -0.2) is 31.6 Å². The second-order valence-corrected chi connectivity index (χ2v) is 7.31. The van der Waals surface area contributed by atoms with Crippen LogP contribution >= 0.6 is 22.9 Å². The Morgan fingerprint density at radius 2 is 2.33 bits per heavy atom. The van der Waals surface area contributed by atoms with Crippen molar-refractivity contribution in [2.24, 2.45) is 5.41 Å². The molecule has 18 heavy (non-hydrogen) atoms. The van der Waals surface area contributed by atoms with E-state index in [-0.39, 0.29) is 0 Å². The SMILES string of the molecule is CCC1(CN(C)Cc2ccc(Cl)s2)CCCNC1. The smallest absolute Gasteiger partial charge is 0.0931 e. The Labute approximate surface area is 119 Å². The summed E-state index contributed by atoms with van der Waals surface area (Å²) in [4.78, 5) is 3.80. The van der Waals surface area contributed by atoms with Crippen LogP contribution in [0, 0.1) is 5.41 Å². The summed E-state index contributed by atoms with van der Waals surface area (Å²) < 4.78 is 0.892. The quantitative estimate of drug-likeness (QED) is 0.889. The third kappa shape index (κ3) is 3.70. The van der Waals surface area contributed by atoms with Gasteiger partial charge in [0, 0.05) is 24.5 Å². The number of hydrogen-bond acceptors (Lipinski definition) is 3. The van der Waals surface area contributed by atoms with Gasteiger partial charge in [0.05, 0.1) is 4.34 Å². The molecule has 1 aromatic heterocycles. The number of hydrogen-bond donors (Lipinski definition) is 1. The Bertz CT molecular complexity index is 372. The van der Waals surface area contributed by atoms with E-state index >= 15 is 0 Å². The number of thiophene rings is 1. The molecule has 1 aliphatic heterocycles. The van der Waals surface area contributed by atoms with Gasteiger partial charge < -0.3 is 10.2 Å². The molecule has 0 spiro atoms. The molecule has 1 aliphatic rings. The van der Waals surface area contributed by atoms with Crippen molar-refractivity contribution in [3.05, 3.63) is 21.3 Å². The number of rotatable bonds is 5. The first-order valence-corrected chi connectivity index (χ1v) is 7.96. The molecule has 1 atom stereocenters. The summed E-state index contributed by atoms with van der Waals surface area (Å²) in [5.74, 6) is 0. The summed E-state index contributed by atoms with van der Waals surface area (Å²) in [7, 11) is 2.22. The highest BCUT2D eigenvalue weighted by Gasteiger charge is 2.31. The van der Waals surface area contributed by atoms with Gasteiger partial charge in [0.2, 0.25) is 0 Å². The Morgan fingerprint density at radius 3 is 2.89 bits per heavy atom. The molecule has 1 unspecified atom stereocenters. The van der Waals surface area contributed by atoms with Gasteiger partial charge in [-0.05, 0) is 50.4 Å². The fourth-order valence-corrected chi connectivity index (χ4v) is 4.08. The predicted molar refractivity (Wildman–Crippen MR) is 80.5 cm³/mol. The lowest BCUT2D eigenvalue weighted by atomic mass is 9.78. The normalized spacial score (nSPS) is 24.7. The lowest BCUT2D eigenvalue weighted by Crippen LogP contribution is -2.46. The maximum Gasteiger partial charge on any atom is 0.0931 e. The minimum absolute atomic E-state index is 0.466. The fraction of sp³-hybridized carbons (Fsp3) is 0.714. The first-order valence-electron chi connectivity index (χ1n) is 6.77. The molecule has 1 fully saturated rings. The van der Waals surface area contributed by atoms with E-state index in [1.54, 1.807) is 11.3 Å². The number of halogens is 1. The van der Waals surface area contributed by atoms with Crippen molar-refractivity contribution in [1.29, 1.82) is 0 Å². The summed E-state index contributed by atoms with van der Waals surface area (Å²) in [6.45, 7) is 6.86. The van der Waals surface area contributed by atoms with Crippen LogP contribution in [0.4, 0.5) is 0 Å². The molecule has 0 radical (unpaired) electrons. The highest BCUT2D eigenvalue weighted by Crippen LogP contribution is 2.31. The third-order valence-corrected chi connectivity index (χ3v) is 5.19. The van der Waals surface area contributed by atoms with Crippen molar-refractivity contribution in [3.8, 4) is 0 Å². The standard InChI is InChI=1S/C14H23ClN2S/c1-3-14(7-4-8-16-10-14)11-17(2)9-12-5-6-13(15)18-12/h5-6,16H,3-4,7-11H2,1-2H3. The molecule has 0 aromatic carbocycles. The lowest BCUT2D eigenvalue weighted by Gasteiger charge is -2.39. The second-order valence-electron chi connectivity index (χ2n) is 5.51. The summed E-state index contributed by atoms with van der Waals surface area (Å²) >= 11 is 7.67. The molecule has 0 saturated carbocycles. The van der Waals surface area contributed by atoms with Crippen LogP contribution in [-0.2, 0) is 6.54 Å². The maximum absolute atomic E-state index is 5.98. The van der Waals surface area contributed by atoms with E-state index in [4.69, 9.17) is 11.6 Å². The van der Waals surface area contributed by atoms with Crippen LogP contribution in [0.15, 0.2) is 12.1 Å². The molecule has 2 rings (SSSR count).